The molecule has 4 rings (SSSR count). The van der Waals surface area contributed by atoms with Crippen molar-refractivity contribution >= 4 is 23.2 Å². The predicted octanol–water partition coefficient (Wildman–Crippen LogP) is 4.56. The first-order valence-corrected chi connectivity index (χ1v) is 10.7. The Labute approximate surface area is 186 Å². The first-order valence-electron chi connectivity index (χ1n) is 10.3. The van der Waals surface area contributed by atoms with Gasteiger partial charge in [0, 0.05) is 17.2 Å². The summed E-state index contributed by atoms with van der Waals surface area (Å²) in [6, 6.07) is 13.3. The molecule has 1 amide bonds. The van der Waals surface area contributed by atoms with E-state index in [0.717, 1.165) is 37.1 Å². The number of likely N-dealkylation sites (tertiary alicyclic amines) is 1. The maximum Gasteiger partial charge on any atom is 0.241 e. The number of carbonyl (C=O) groups is 1. The molecule has 0 spiro atoms. The van der Waals surface area contributed by atoms with Gasteiger partial charge in [0.15, 0.2) is 0 Å². The number of carbonyl (C=O) groups excluding carboxylic acids is 1. The smallest absolute Gasteiger partial charge is 0.241 e. The monoisotopic (exact) mass is 440 g/mol. The SMILES string of the molecule is COc1ccc(NC(=O)C2CCN(Cc3nc(-c4cccc(C)c4)no3)CC2)cc1Cl. The van der Waals surface area contributed by atoms with Gasteiger partial charge in [0.05, 0.1) is 18.7 Å². The second kappa shape index (κ2) is 9.49. The molecule has 0 saturated carbocycles. The molecule has 7 nitrogen and oxygen atoms in total. The van der Waals surface area contributed by atoms with Gasteiger partial charge in [0.25, 0.3) is 0 Å². The van der Waals surface area contributed by atoms with Crippen molar-refractivity contribution in [3.63, 3.8) is 0 Å². The number of halogens is 1. The zero-order chi connectivity index (χ0) is 21.8. The van der Waals surface area contributed by atoms with E-state index in [0.29, 0.717) is 34.7 Å². The summed E-state index contributed by atoms with van der Waals surface area (Å²) in [6.45, 7) is 4.21. The van der Waals surface area contributed by atoms with Gasteiger partial charge < -0.3 is 14.6 Å². The van der Waals surface area contributed by atoms with Gasteiger partial charge in [-0.25, -0.2) is 0 Å². The van der Waals surface area contributed by atoms with E-state index in [-0.39, 0.29) is 11.8 Å². The van der Waals surface area contributed by atoms with Gasteiger partial charge in [0.2, 0.25) is 17.6 Å². The first-order chi connectivity index (χ1) is 15.0. The third kappa shape index (κ3) is 5.24. The van der Waals surface area contributed by atoms with Crippen molar-refractivity contribution in [2.75, 3.05) is 25.5 Å². The number of rotatable bonds is 6. The third-order valence-electron chi connectivity index (χ3n) is 5.48. The molecule has 8 heteroatoms. The van der Waals surface area contributed by atoms with Crippen LogP contribution >= 0.6 is 11.6 Å². The van der Waals surface area contributed by atoms with Crippen LogP contribution in [0.25, 0.3) is 11.4 Å². The van der Waals surface area contributed by atoms with Crippen LogP contribution in [0.5, 0.6) is 5.75 Å². The maximum absolute atomic E-state index is 12.6. The van der Waals surface area contributed by atoms with Crippen molar-refractivity contribution < 1.29 is 14.1 Å². The Morgan fingerprint density at radius 1 is 1.26 bits per heavy atom. The fourth-order valence-electron chi connectivity index (χ4n) is 3.75. The van der Waals surface area contributed by atoms with Gasteiger partial charge in [-0.2, -0.15) is 4.98 Å². The topological polar surface area (TPSA) is 80.5 Å². The number of piperidine rings is 1. The van der Waals surface area contributed by atoms with Gasteiger partial charge in [-0.3, -0.25) is 9.69 Å². The molecule has 2 heterocycles. The number of aryl methyl sites for hydroxylation is 1. The molecule has 31 heavy (non-hydrogen) atoms. The van der Waals surface area contributed by atoms with E-state index in [9.17, 15) is 4.79 Å². The van der Waals surface area contributed by atoms with E-state index in [1.165, 1.54) is 0 Å². The lowest BCUT2D eigenvalue weighted by molar-refractivity contribution is -0.121. The van der Waals surface area contributed by atoms with Crippen molar-refractivity contribution in [1.29, 1.82) is 0 Å². The number of nitrogens with zero attached hydrogens (tertiary/aromatic N) is 3. The Bertz CT molecular complexity index is 1060. The minimum atomic E-state index is -0.0392. The standard InChI is InChI=1S/C23H25ClN4O3/c1-15-4-3-5-17(12-15)22-26-21(31-27-22)14-28-10-8-16(9-11-28)23(29)25-18-6-7-20(30-2)19(24)13-18/h3-7,12-13,16H,8-11,14H2,1-2H3,(H,25,29). The van der Waals surface area contributed by atoms with Gasteiger partial charge >= 0.3 is 0 Å². The summed E-state index contributed by atoms with van der Waals surface area (Å²) >= 11 is 6.14. The second-order valence-electron chi connectivity index (χ2n) is 7.77. The van der Waals surface area contributed by atoms with Gasteiger partial charge in [0.1, 0.15) is 5.75 Å². The van der Waals surface area contributed by atoms with Crippen molar-refractivity contribution in [3.8, 4) is 17.1 Å². The lowest BCUT2D eigenvalue weighted by atomic mass is 9.96. The van der Waals surface area contributed by atoms with Crippen LogP contribution in [-0.2, 0) is 11.3 Å². The Balaban J connectivity index is 1.29. The molecule has 0 atom stereocenters. The van der Waals surface area contributed by atoms with Gasteiger partial charge in [-0.15, -0.1) is 0 Å². The van der Waals surface area contributed by atoms with Crippen LogP contribution in [0.1, 0.15) is 24.3 Å². The van der Waals surface area contributed by atoms with E-state index in [1.54, 1.807) is 25.3 Å². The molecule has 2 aromatic carbocycles. The average molecular weight is 441 g/mol. The van der Waals surface area contributed by atoms with Crippen molar-refractivity contribution in [3.05, 3.63) is 58.9 Å². The molecule has 1 fully saturated rings. The maximum atomic E-state index is 12.6. The highest BCUT2D eigenvalue weighted by Crippen LogP contribution is 2.28. The van der Waals surface area contributed by atoms with E-state index in [2.05, 4.69) is 20.4 Å². The van der Waals surface area contributed by atoms with Crippen LogP contribution in [0.4, 0.5) is 5.69 Å². The van der Waals surface area contributed by atoms with Crippen LogP contribution in [0.3, 0.4) is 0 Å². The summed E-state index contributed by atoms with van der Waals surface area (Å²) in [4.78, 5) is 19.4. The van der Waals surface area contributed by atoms with Gasteiger partial charge in [-0.05, 0) is 57.1 Å². The van der Waals surface area contributed by atoms with Crippen molar-refractivity contribution in [2.24, 2.45) is 5.92 Å². The zero-order valence-corrected chi connectivity index (χ0v) is 18.4. The molecule has 0 aliphatic carbocycles. The summed E-state index contributed by atoms with van der Waals surface area (Å²) < 4.78 is 10.6. The second-order valence-corrected chi connectivity index (χ2v) is 8.18. The minimum Gasteiger partial charge on any atom is -0.495 e. The Morgan fingerprint density at radius 3 is 2.77 bits per heavy atom. The summed E-state index contributed by atoms with van der Waals surface area (Å²) in [5, 5.41) is 7.53. The van der Waals surface area contributed by atoms with E-state index in [4.69, 9.17) is 20.9 Å². The van der Waals surface area contributed by atoms with Crippen LogP contribution in [0.2, 0.25) is 5.02 Å². The number of hydrogen-bond acceptors (Lipinski definition) is 6. The molecule has 1 N–H and O–H groups in total. The lowest BCUT2D eigenvalue weighted by Crippen LogP contribution is -2.37. The highest BCUT2D eigenvalue weighted by Gasteiger charge is 2.26. The van der Waals surface area contributed by atoms with Gasteiger partial charge in [-0.1, -0.05) is 40.5 Å². The zero-order valence-electron chi connectivity index (χ0n) is 17.6. The third-order valence-corrected chi connectivity index (χ3v) is 5.78. The van der Waals surface area contributed by atoms with Crippen LogP contribution < -0.4 is 10.1 Å². The lowest BCUT2D eigenvalue weighted by Gasteiger charge is -2.30. The Morgan fingerprint density at radius 2 is 2.06 bits per heavy atom. The molecule has 1 saturated heterocycles. The number of ether oxygens (including phenoxy) is 1. The average Bonchev–Trinajstić information content (AvgIpc) is 3.23. The molecule has 0 radical (unpaired) electrons. The molecule has 1 aromatic heterocycles. The molecule has 1 aliphatic rings. The predicted molar refractivity (Wildman–Crippen MR) is 119 cm³/mol. The minimum absolute atomic E-state index is 0.0143. The van der Waals surface area contributed by atoms with Crippen LogP contribution in [-0.4, -0.2) is 41.1 Å². The molecule has 1 aliphatic heterocycles. The number of hydrogen-bond donors (Lipinski definition) is 1. The highest BCUT2D eigenvalue weighted by molar-refractivity contribution is 6.32. The van der Waals surface area contributed by atoms with E-state index < -0.39 is 0 Å². The van der Waals surface area contributed by atoms with Crippen LogP contribution in [0, 0.1) is 12.8 Å². The van der Waals surface area contributed by atoms with E-state index in [1.807, 2.05) is 31.2 Å². The normalized spacial score (nSPS) is 15.1. The number of anilines is 1. The number of nitrogens with one attached hydrogen (secondary N) is 1. The summed E-state index contributed by atoms with van der Waals surface area (Å²) in [7, 11) is 1.56. The number of methoxy groups -OCH3 is 1. The molecule has 0 bridgehead atoms. The number of benzene rings is 2. The molecular formula is C23H25ClN4O3. The largest absolute Gasteiger partial charge is 0.495 e. The van der Waals surface area contributed by atoms with Crippen molar-refractivity contribution in [2.45, 2.75) is 26.3 Å². The molecule has 3 aromatic rings. The molecular weight excluding hydrogens is 416 g/mol. The highest BCUT2D eigenvalue weighted by atomic mass is 35.5. The fraction of sp³-hybridized carbons (Fsp3) is 0.348. The summed E-state index contributed by atoms with van der Waals surface area (Å²) in [5.41, 5.74) is 2.78. The molecule has 0 unspecified atom stereocenters. The van der Waals surface area contributed by atoms with E-state index >= 15 is 0 Å². The number of aromatic nitrogens is 2. The number of amides is 1. The summed E-state index contributed by atoms with van der Waals surface area (Å²) in [5.74, 6) is 1.75. The fourth-order valence-corrected chi connectivity index (χ4v) is 4.01. The Kier molecular flexibility index (Phi) is 6.53. The van der Waals surface area contributed by atoms with Crippen LogP contribution in [0.15, 0.2) is 47.0 Å². The molecule has 162 valence electrons. The Hall–Kier alpha value is -2.90. The summed E-state index contributed by atoms with van der Waals surface area (Å²) in [6.07, 6.45) is 1.54. The first kappa shape index (κ1) is 21.3. The quantitative estimate of drug-likeness (QED) is 0.605. The van der Waals surface area contributed by atoms with Crippen molar-refractivity contribution in [1.82, 2.24) is 15.0 Å².